The minimum absolute atomic E-state index is 0.106. The van der Waals surface area contributed by atoms with Crippen LogP contribution in [0, 0.1) is 6.92 Å². The number of ether oxygens (including phenoxy) is 1. The van der Waals surface area contributed by atoms with Gasteiger partial charge in [-0.3, -0.25) is 4.79 Å². The molecule has 1 aromatic heterocycles. The molecule has 0 aliphatic carbocycles. The van der Waals surface area contributed by atoms with Gasteiger partial charge in [0.05, 0.1) is 6.61 Å². The predicted molar refractivity (Wildman–Crippen MR) is 78.5 cm³/mol. The lowest BCUT2D eigenvalue weighted by Crippen LogP contribution is -2.26. The summed E-state index contributed by atoms with van der Waals surface area (Å²) in [7, 11) is 0. The molecule has 0 saturated heterocycles. The van der Waals surface area contributed by atoms with Gasteiger partial charge in [-0.15, -0.1) is 0 Å². The van der Waals surface area contributed by atoms with E-state index in [2.05, 4.69) is 10.4 Å². The standard InChI is InChI=1S/C14H16ClN3O3/c1-10-8-11(15)2-3-13(10)21-9-18-6-4-12(17-18)14(20)16-5-7-19/h2-4,6,8,19H,5,7,9H2,1H3,(H,16,20). The van der Waals surface area contributed by atoms with Gasteiger partial charge in [-0.2, -0.15) is 5.10 Å². The monoisotopic (exact) mass is 309 g/mol. The third-order valence-electron chi connectivity index (χ3n) is 2.76. The Morgan fingerprint density at radius 2 is 2.29 bits per heavy atom. The molecule has 7 heteroatoms. The average molecular weight is 310 g/mol. The largest absolute Gasteiger partial charge is 0.471 e. The number of aromatic nitrogens is 2. The van der Waals surface area contributed by atoms with E-state index in [9.17, 15) is 4.79 Å². The molecule has 1 heterocycles. The van der Waals surface area contributed by atoms with Crippen LogP contribution in [-0.2, 0) is 6.73 Å². The minimum atomic E-state index is -0.328. The van der Waals surface area contributed by atoms with Crippen LogP contribution in [0.4, 0.5) is 0 Å². The molecule has 112 valence electrons. The molecule has 0 atom stereocenters. The molecule has 2 rings (SSSR count). The lowest BCUT2D eigenvalue weighted by molar-refractivity contribution is 0.0937. The third-order valence-corrected chi connectivity index (χ3v) is 3.00. The first-order valence-corrected chi connectivity index (χ1v) is 6.79. The first kappa shape index (κ1) is 15.3. The lowest BCUT2D eigenvalue weighted by Gasteiger charge is -2.09. The predicted octanol–water partition coefficient (Wildman–Crippen LogP) is 1.60. The Morgan fingerprint density at radius 3 is 3.00 bits per heavy atom. The number of nitrogens with zero attached hydrogens (tertiary/aromatic N) is 2. The molecule has 0 bridgehead atoms. The zero-order valence-electron chi connectivity index (χ0n) is 11.5. The van der Waals surface area contributed by atoms with Crippen LogP contribution in [0.5, 0.6) is 5.75 Å². The van der Waals surface area contributed by atoms with Crippen LogP contribution in [0.25, 0.3) is 0 Å². The maximum atomic E-state index is 11.6. The summed E-state index contributed by atoms with van der Waals surface area (Å²) >= 11 is 5.88. The number of aryl methyl sites for hydroxylation is 1. The molecular formula is C14H16ClN3O3. The maximum Gasteiger partial charge on any atom is 0.271 e. The van der Waals surface area contributed by atoms with Gasteiger partial charge in [0.15, 0.2) is 6.73 Å². The van der Waals surface area contributed by atoms with Gasteiger partial charge in [0.25, 0.3) is 5.91 Å². The molecule has 0 radical (unpaired) electrons. The fraction of sp³-hybridized carbons (Fsp3) is 0.286. The van der Waals surface area contributed by atoms with Crippen LogP contribution in [-0.4, -0.2) is 33.9 Å². The fourth-order valence-corrected chi connectivity index (χ4v) is 1.95. The van der Waals surface area contributed by atoms with Crippen molar-refractivity contribution >= 4 is 17.5 Å². The van der Waals surface area contributed by atoms with Gasteiger partial charge in [-0.25, -0.2) is 4.68 Å². The molecule has 2 N–H and O–H groups in total. The molecule has 0 saturated carbocycles. The van der Waals surface area contributed by atoms with Crippen molar-refractivity contribution in [1.29, 1.82) is 0 Å². The van der Waals surface area contributed by atoms with E-state index in [1.165, 1.54) is 4.68 Å². The van der Waals surface area contributed by atoms with Crippen LogP contribution in [0.2, 0.25) is 5.02 Å². The van der Waals surface area contributed by atoms with E-state index in [0.29, 0.717) is 10.8 Å². The van der Waals surface area contributed by atoms with Gasteiger partial charge in [0.2, 0.25) is 0 Å². The normalized spacial score (nSPS) is 10.4. The summed E-state index contributed by atoms with van der Waals surface area (Å²) < 4.78 is 7.14. The van der Waals surface area contributed by atoms with E-state index in [-0.39, 0.29) is 31.5 Å². The number of rotatable bonds is 6. The second kappa shape index (κ2) is 7.10. The van der Waals surface area contributed by atoms with E-state index in [1.54, 1.807) is 24.4 Å². The Hall–Kier alpha value is -2.05. The topological polar surface area (TPSA) is 76.4 Å². The van der Waals surface area contributed by atoms with Crippen molar-refractivity contribution in [1.82, 2.24) is 15.1 Å². The van der Waals surface area contributed by atoms with E-state index >= 15 is 0 Å². The number of halogens is 1. The summed E-state index contributed by atoms with van der Waals surface area (Å²) in [4.78, 5) is 11.6. The molecule has 0 unspecified atom stereocenters. The average Bonchev–Trinajstić information content (AvgIpc) is 2.93. The van der Waals surface area contributed by atoms with Crippen LogP contribution >= 0.6 is 11.6 Å². The van der Waals surface area contributed by atoms with Gasteiger partial charge in [-0.05, 0) is 36.8 Å². The quantitative estimate of drug-likeness (QED) is 0.850. The highest BCUT2D eigenvalue weighted by atomic mass is 35.5. The van der Waals surface area contributed by atoms with E-state index < -0.39 is 0 Å². The Morgan fingerprint density at radius 1 is 1.48 bits per heavy atom. The molecule has 0 spiro atoms. The van der Waals surface area contributed by atoms with Crippen molar-refractivity contribution in [3.05, 3.63) is 46.7 Å². The highest BCUT2D eigenvalue weighted by Crippen LogP contribution is 2.21. The summed E-state index contributed by atoms with van der Waals surface area (Å²) in [5, 5.41) is 15.9. The maximum absolute atomic E-state index is 11.6. The van der Waals surface area contributed by atoms with Gasteiger partial charge < -0.3 is 15.2 Å². The summed E-state index contributed by atoms with van der Waals surface area (Å²) in [5.41, 5.74) is 1.20. The molecule has 0 fully saturated rings. The first-order chi connectivity index (χ1) is 10.1. The van der Waals surface area contributed by atoms with E-state index in [4.69, 9.17) is 21.4 Å². The number of nitrogens with one attached hydrogen (secondary N) is 1. The van der Waals surface area contributed by atoms with Crippen molar-refractivity contribution in [2.75, 3.05) is 13.2 Å². The van der Waals surface area contributed by atoms with Crippen LogP contribution in [0.3, 0.4) is 0 Å². The van der Waals surface area contributed by atoms with Gasteiger partial charge in [-0.1, -0.05) is 11.6 Å². The van der Waals surface area contributed by atoms with E-state index in [0.717, 1.165) is 5.56 Å². The third kappa shape index (κ3) is 4.21. The minimum Gasteiger partial charge on any atom is -0.471 e. The molecular weight excluding hydrogens is 294 g/mol. The smallest absolute Gasteiger partial charge is 0.271 e. The lowest BCUT2D eigenvalue weighted by atomic mass is 10.2. The summed E-state index contributed by atoms with van der Waals surface area (Å²) in [6.07, 6.45) is 1.65. The number of hydrogen-bond acceptors (Lipinski definition) is 4. The number of benzene rings is 1. The molecule has 0 aliphatic heterocycles. The SMILES string of the molecule is Cc1cc(Cl)ccc1OCn1ccc(C(=O)NCCO)n1. The molecule has 2 aromatic rings. The number of amides is 1. The van der Waals surface area contributed by atoms with Crippen LogP contribution < -0.4 is 10.1 Å². The van der Waals surface area contributed by atoms with E-state index in [1.807, 2.05) is 13.0 Å². The second-order valence-electron chi connectivity index (χ2n) is 4.40. The molecule has 21 heavy (non-hydrogen) atoms. The number of aliphatic hydroxyl groups is 1. The first-order valence-electron chi connectivity index (χ1n) is 6.41. The molecule has 6 nitrogen and oxygen atoms in total. The van der Waals surface area contributed by atoms with Gasteiger partial charge in [0.1, 0.15) is 11.4 Å². The van der Waals surface area contributed by atoms with Crippen LogP contribution in [0.1, 0.15) is 16.1 Å². The van der Waals surface area contributed by atoms with Gasteiger partial charge in [0, 0.05) is 17.8 Å². The zero-order chi connectivity index (χ0) is 15.2. The van der Waals surface area contributed by atoms with Crippen molar-refractivity contribution in [2.45, 2.75) is 13.7 Å². The molecule has 1 aromatic carbocycles. The van der Waals surface area contributed by atoms with Crippen molar-refractivity contribution in [2.24, 2.45) is 0 Å². The summed E-state index contributed by atoms with van der Waals surface area (Å²) in [6, 6.07) is 6.94. The number of aliphatic hydroxyl groups excluding tert-OH is 1. The summed E-state index contributed by atoms with van der Waals surface area (Å²) in [6.45, 7) is 2.19. The molecule has 1 amide bonds. The molecule has 0 aliphatic rings. The van der Waals surface area contributed by atoms with Gasteiger partial charge >= 0.3 is 0 Å². The highest BCUT2D eigenvalue weighted by Gasteiger charge is 2.09. The Labute approximate surface area is 127 Å². The Kier molecular flexibility index (Phi) is 5.19. The number of carbonyl (C=O) groups is 1. The second-order valence-corrected chi connectivity index (χ2v) is 4.84. The Bertz CT molecular complexity index is 628. The van der Waals surface area contributed by atoms with Crippen molar-refractivity contribution in [3.63, 3.8) is 0 Å². The number of carbonyl (C=O) groups excluding carboxylic acids is 1. The van der Waals surface area contributed by atoms with Crippen LogP contribution in [0.15, 0.2) is 30.5 Å². The highest BCUT2D eigenvalue weighted by molar-refractivity contribution is 6.30. The zero-order valence-corrected chi connectivity index (χ0v) is 12.3. The summed E-state index contributed by atoms with van der Waals surface area (Å²) in [5.74, 6) is 0.381. The Balaban J connectivity index is 1.95. The fourth-order valence-electron chi connectivity index (χ4n) is 1.73. The van der Waals surface area contributed by atoms with Crippen molar-refractivity contribution in [3.8, 4) is 5.75 Å². The van der Waals surface area contributed by atoms with Crippen molar-refractivity contribution < 1.29 is 14.6 Å². The number of hydrogen-bond donors (Lipinski definition) is 2.